The zero-order chi connectivity index (χ0) is 15.4. The quantitative estimate of drug-likeness (QED) is 0.670. The van der Waals surface area contributed by atoms with E-state index >= 15 is 0 Å². The van der Waals surface area contributed by atoms with E-state index in [4.69, 9.17) is 0 Å². The molecule has 1 aromatic rings. The molecule has 1 fully saturated rings. The number of hydrogen-bond donors (Lipinski definition) is 1. The third-order valence-electron chi connectivity index (χ3n) is 4.31. The van der Waals surface area contributed by atoms with Gasteiger partial charge in [0.1, 0.15) is 5.82 Å². The molecular formula is C15H22FN3O2. The summed E-state index contributed by atoms with van der Waals surface area (Å²) in [6.45, 7) is 0.535. The van der Waals surface area contributed by atoms with Crippen molar-refractivity contribution in [3.8, 4) is 0 Å². The predicted octanol–water partition coefficient (Wildman–Crippen LogP) is 2.70. The molecule has 0 amide bonds. The van der Waals surface area contributed by atoms with Crippen LogP contribution in [-0.4, -0.2) is 36.0 Å². The molecule has 0 aliphatic heterocycles. The highest BCUT2D eigenvalue weighted by atomic mass is 19.1. The van der Waals surface area contributed by atoms with Crippen LogP contribution in [0.15, 0.2) is 18.2 Å². The smallest absolute Gasteiger partial charge is 0.272 e. The number of nitrogens with zero attached hydrogens (tertiary/aromatic N) is 2. The summed E-state index contributed by atoms with van der Waals surface area (Å²) in [5.41, 5.74) is 0.470. The van der Waals surface area contributed by atoms with Gasteiger partial charge < -0.3 is 5.32 Å². The van der Waals surface area contributed by atoms with Gasteiger partial charge in [-0.3, -0.25) is 15.0 Å². The number of nitro benzene ring substituents is 1. The molecule has 0 saturated heterocycles. The molecule has 0 atom stereocenters. The number of rotatable bonds is 5. The van der Waals surface area contributed by atoms with Gasteiger partial charge in [-0.2, -0.15) is 0 Å². The summed E-state index contributed by atoms with van der Waals surface area (Å²) in [5, 5.41) is 14.1. The van der Waals surface area contributed by atoms with E-state index in [0.29, 0.717) is 24.2 Å². The third-order valence-corrected chi connectivity index (χ3v) is 4.31. The van der Waals surface area contributed by atoms with Gasteiger partial charge in [0.25, 0.3) is 5.69 Å². The average Bonchev–Trinajstić information content (AvgIpc) is 2.46. The Morgan fingerprint density at radius 3 is 2.57 bits per heavy atom. The number of hydrogen-bond acceptors (Lipinski definition) is 4. The van der Waals surface area contributed by atoms with Crippen molar-refractivity contribution in [2.24, 2.45) is 0 Å². The molecule has 0 radical (unpaired) electrons. The second-order valence-corrected chi connectivity index (χ2v) is 5.78. The summed E-state index contributed by atoms with van der Waals surface area (Å²) in [4.78, 5) is 12.4. The Balaban J connectivity index is 1.99. The van der Waals surface area contributed by atoms with Crippen LogP contribution in [0.4, 0.5) is 10.1 Å². The van der Waals surface area contributed by atoms with Gasteiger partial charge in [-0.05, 0) is 51.4 Å². The first-order chi connectivity index (χ1) is 9.99. The Kier molecular flexibility index (Phi) is 5.25. The van der Waals surface area contributed by atoms with E-state index in [0.717, 1.165) is 31.7 Å². The molecule has 6 heteroatoms. The van der Waals surface area contributed by atoms with Crippen molar-refractivity contribution in [3.05, 3.63) is 39.7 Å². The van der Waals surface area contributed by atoms with E-state index in [1.54, 1.807) is 0 Å². The minimum Gasteiger partial charge on any atom is -0.317 e. The van der Waals surface area contributed by atoms with Crippen LogP contribution in [0.3, 0.4) is 0 Å². The highest BCUT2D eigenvalue weighted by Crippen LogP contribution is 2.24. The van der Waals surface area contributed by atoms with Crippen molar-refractivity contribution in [2.45, 2.75) is 44.3 Å². The highest BCUT2D eigenvalue weighted by Gasteiger charge is 2.23. The summed E-state index contributed by atoms with van der Waals surface area (Å²) in [6.07, 6.45) is 4.46. The lowest BCUT2D eigenvalue weighted by molar-refractivity contribution is -0.385. The maximum absolute atomic E-state index is 13.4. The Labute approximate surface area is 124 Å². The molecule has 0 bridgehead atoms. The molecule has 2 rings (SSSR count). The lowest BCUT2D eigenvalue weighted by Crippen LogP contribution is -2.39. The topological polar surface area (TPSA) is 58.4 Å². The SMILES string of the molecule is CNC1CCC(N(C)Cc2cc(F)cc([N+](=O)[O-])c2)CC1. The first kappa shape index (κ1) is 15.9. The first-order valence-electron chi connectivity index (χ1n) is 7.31. The minimum absolute atomic E-state index is 0.183. The monoisotopic (exact) mass is 295 g/mol. The average molecular weight is 295 g/mol. The molecule has 1 saturated carbocycles. The molecule has 1 aromatic carbocycles. The molecule has 1 N–H and O–H groups in total. The summed E-state index contributed by atoms with van der Waals surface area (Å²) >= 11 is 0. The van der Waals surface area contributed by atoms with E-state index in [1.165, 1.54) is 12.1 Å². The van der Waals surface area contributed by atoms with Gasteiger partial charge >= 0.3 is 0 Å². The van der Waals surface area contributed by atoms with Gasteiger partial charge in [-0.25, -0.2) is 4.39 Å². The van der Waals surface area contributed by atoms with Crippen molar-refractivity contribution in [3.63, 3.8) is 0 Å². The standard InChI is InChI=1S/C15H22FN3O2/c1-17-13-3-5-14(6-4-13)18(2)10-11-7-12(16)9-15(8-11)19(20)21/h7-9,13-14,17H,3-6,10H2,1-2H3. The maximum atomic E-state index is 13.4. The molecule has 1 aliphatic rings. The third kappa shape index (κ3) is 4.22. The van der Waals surface area contributed by atoms with Crippen LogP contribution in [0.1, 0.15) is 31.2 Å². The van der Waals surface area contributed by atoms with E-state index < -0.39 is 10.7 Å². The molecule has 116 valence electrons. The van der Waals surface area contributed by atoms with Crippen LogP contribution >= 0.6 is 0 Å². The van der Waals surface area contributed by atoms with Crippen molar-refractivity contribution < 1.29 is 9.31 Å². The summed E-state index contributed by atoms with van der Waals surface area (Å²) in [5.74, 6) is -0.550. The van der Waals surface area contributed by atoms with E-state index in [-0.39, 0.29) is 5.69 Å². The van der Waals surface area contributed by atoms with Gasteiger partial charge in [-0.1, -0.05) is 0 Å². The van der Waals surface area contributed by atoms with Crippen LogP contribution in [0.2, 0.25) is 0 Å². The van der Waals surface area contributed by atoms with Gasteiger partial charge in [0.2, 0.25) is 0 Å². The summed E-state index contributed by atoms with van der Waals surface area (Å²) in [6, 6.07) is 4.84. The Morgan fingerprint density at radius 1 is 1.33 bits per heavy atom. The second kappa shape index (κ2) is 6.95. The Morgan fingerprint density at radius 2 is 2.00 bits per heavy atom. The van der Waals surface area contributed by atoms with Crippen LogP contribution < -0.4 is 5.32 Å². The second-order valence-electron chi connectivity index (χ2n) is 5.78. The van der Waals surface area contributed by atoms with E-state index in [1.807, 2.05) is 14.1 Å². The number of non-ortho nitro benzene ring substituents is 1. The fourth-order valence-electron chi connectivity index (χ4n) is 3.05. The molecule has 1 aliphatic carbocycles. The van der Waals surface area contributed by atoms with E-state index in [2.05, 4.69) is 10.2 Å². The molecular weight excluding hydrogens is 273 g/mol. The van der Waals surface area contributed by atoms with Gasteiger partial charge in [0.05, 0.1) is 11.0 Å². The van der Waals surface area contributed by atoms with Crippen molar-refractivity contribution in [1.82, 2.24) is 10.2 Å². The molecule has 0 spiro atoms. The highest BCUT2D eigenvalue weighted by molar-refractivity contribution is 5.35. The normalized spacial score (nSPS) is 22.5. The van der Waals surface area contributed by atoms with Crippen LogP contribution in [0, 0.1) is 15.9 Å². The van der Waals surface area contributed by atoms with Crippen molar-refractivity contribution >= 4 is 5.69 Å². The fourth-order valence-corrected chi connectivity index (χ4v) is 3.05. The molecule has 0 unspecified atom stereocenters. The number of halogens is 1. The van der Waals surface area contributed by atoms with Crippen molar-refractivity contribution in [1.29, 1.82) is 0 Å². The van der Waals surface area contributed by atoms with Crippen LogP contribution in [0.25, 0.3) is 0 Å². The van der Waals surface area contributed by atoms with Crippen molar-refractivity contribution in [2.75, 3.05) is 14.1 Å². The van der Waals surface area contributed by atoms with Crippen LogP contribution in [-0.2, 0) is 6.54 Å². The number of nitro groups is 1. The zero-order valence-electron chi connectivity index (χ0n) is 12.5. The molecule has 0 aromatic heterocycles. The van der Waals surface area contributed by atoms with Gasteiger partial charge in [0.15, 0.2) is 0 Å². The molecule has 21 heavy (non-hydrogen) atoms. The Hall–Kier alpha value is -1.53. The number of benzene rings is 1. The van der Waals surface area contributed by atoms with Crippen LogP contribution in [0.5, 0.6) is 0 Å². The Bertz CT molecular complexity index is 502. The lowest BCUT2D eigenvalue weighted by atomic mass is 9.90. The summed E-state index contributed by atoms with van der Waals surface area (Å²) in [7, 11) is 3.99. The minimum atomic E-state index is -0.551. The summed E-state index contributed by atoms with van der Waals surface area (Å²) < 4.78 is 13.4. The zero-order valence-corrected chi connectivity index (χ0v) is 12.5. The lowest BCUT2D eigenvalue weighted by Gasteiger charge is -2.34. The van der Waals surface area contributed by atoms with E-state index in [9.17, 15) is 14.5 Å². The first-order valence-corrected chi connectivity index (χ1v) is 7.31. The predicted molar refractivity (Wildman–Crippen MR) is 79.6 cm³/mol. The van der Waals surface area contributed by atoms with Gasteiger partial charge in [-0.15, -0.1) is 0 Å². The molecule has 0 heterocycles. The fraction of sp³-hybridized carbons (Fsp3) is 0.600. The maximum Gasteiger partial charge on any atom is 0.272 e. The number of nitrogens with one attached hydrogen (secondary N) is 1. The molecule has 5 nitrogen and oxygen atoms in total. The largest absolute Gasteiger partial charge is 0.317 e. The van der Waals surface area contributed by atoms with Gasteiger partial charge in [0, 0.05) is 24.7 Å².